The van der Waals surface area contributed by atoms with Gasteiger partial charge in [-0.05, 0) is 40.6 Å². The maximum Gasteiger partial charge on any atom is 0.279 e. The van der Waals surface area contributed by atoms with E-state index in [1.165, 1.54) is 0 Å². The SMILES string of the molecule is COc1cc2c(cc1OC)C1(C=C/C(=C/c3cccc4ccccc34)O1)C(=O)N2C. The van der Waals surface area contributed by atoms with Gasteiger partial charge in [-0.2, -0.15) is 0 Å². The Bertz CT molecular complexity index is 1240. The molecule has 1 amide bonds. The van der Waals surface area contributed by atoms with Crippen LogP contribution in [0.2, 0.25) is 0 Å². The van der Waals surface area contributed by atoms with Crippen molar-refractivity contribution >= 4 is 28.4 Å². The molecule has 5 rings (SSSR count). The summed E-state index contributed by atoms with van der Waals surface area (Å²) in [5.41, 5.74) is 1.33. The fourth-order valence-corrected chi connectivity index (χ4v) is 4.24. The van der Waals surface area contributed by atoms with Crippen molar-refractivity contribution in [1.82, 2.24) is 0 Å². The molecule has 3 aromatic rings. The zero-order valence-electron chi connectivity index (χ0n) is 17.0. The molecule has 2 aliphatic heterocycles. The van der Waals surface area contributed by atoms with E-state index in [0.717, 1.165) is 27.6 Å². The molecular weight excluding hydrogens is 378 g/mol. The van der Waals surface area contributed by atoms with E-state index in [1.54, 1.807) is 26.2 Å². The molecule has 0 saturated carbocycles. The number of hydrogen-bond donors (Lipinski definition) is 0. The summed E-state index contributed by atoms with van der Waals surface area (Å²) in [5.74, 6) is 1.62. The largest absolute Gasteiger partial charge is 0.493 e. The Morgan fingerprint density at radius 2 is 1.73 bits per heavy atom. The molecule has 0 radical (unpaired) electrons. The second-order valence-corrected chi connectivity index (χ2v) is 7.37. The topological polar surface area (TPSA) is 48.0 Å². The van der Waals surface area contributed by atoms with Crippen LogP contribution in [0.1, 0.15) is 11.1 Å². The van der Waals surface area contributed by atoms with Crippen LogP contribution in [0.4, 0.5) is 5.69 Å². The van der Waals surface area contributed by atoms with Crippen LogP contribution in [-0.4, -0.2) is 27.2 Å². The number of anilines is 1. The lowest BCUT2D eigenvalue weighted by Crippen LogP contribution is -2.37. The van der Waals surface area contributed by atoms with Gasteiger partial charge in [-0.15, -0.1) is 0 Å². The first kappa shape index (κ1) is 18.3. The molecule has 0 saturated heterocycles. The molecule has 0 aromatic heterocycles. The molecule has 3 aromatic carbocycles. The molecule has 2 aliphatic rings. The zero-order valence-corrected chi connectivity index (χ0v) is 17.0. The van der Waals surface area contributed by atoms with Gasteiger partial charge in [-0.25, -0.2) is 0 Å². The Kier molecular flexibility index (Phi) is 4.07. The summed E-state index contributed by atoms with van der Waals surface area (Å²) in [7, 11) is 4.90. The van der Waals surface area contributed by atoms with Crippen molar-refractivity contribution in [3.05, 3.63) is 83.6 Å². The maximum atomic E-state index is 13.2. The van der Waals surface area contributed by atoms with Gasteiger partial charge in [0.15, 0.2) is 11.5 Å². The van der Waals surface area contributed by atoms with Crippen LogP contribution in [0.5, 0.6) is 11.5 Å². The molecule has 0 bridgehead atoms. The summed E-state index contributed by atoms with van der Waals surface area (Å²) < 4.78 is 17.2. The molecule has 0 fully saturated rings. The second kappa shape index (κ2) is 6.66. The number of methoxy groups -OCH3 is 2. The Labute approximate surface area is 174 Å². The minimum Gasteiger partial charge on any atom is -0.493 e. The number of benzene rings is 3. The first-order chi connectivity index (χ1) is 14.6. The van der Waals surface area contributed by atoms with Crippen LogP contribution >= 0.6 is 0 Å². The van der Waals surface area contributed by atoms with E-state index in [2.05, 4.69) is 18.2 Å². The third-order valence-corrected chi connectivity index (χ3v) is 5.77. The molecule has 1 atom stereocenters. The Morgan fingerprint density at radius 1 is 1.00 bits per heavy atom. The van der Waals surface area contributed by atoms with Gasteiger partial charge in [-0.3, -0.25) is 4.79 Å². The number of rotatable bonds is 3. The number of fused-ring (bicyclic) bond motifs is 3. The van der Waals surface area contributed by atoms with Crippen molar-refractivity contribution in [3.8, 4) is 11.5 Å². The van der Waals surface area contributed by atoms with E-state index < -0.39 is 5.60 Å². The zero-order chi connectivity index (χ0) is 20.9. The minimum atomic E-state index is -1.19. The monoisotopic (exact) mass is 399 g/mol. The van der Waals surface area contributed by atoms with Gasteiger partial charge in [0, 0.05) is 18.7 Å². The van der Waals surface area contributed by atoms with Crippen LogP contribution in [0.25, 0.3) is 16.8 Å². The first-order valence-electron chi connectivity index (χ1n) is 9.70. The Morgan fingerprint density at radius 3 is 2.53 bits per heavy atom. The van der Waals surface area contributed by atoms with Crippen molar-refractivity contribution < 1.29 is 19.0 Å². The van der Waals surface area contributed by atoms with Crippen LogP contribution < -0.4 is 14.4 Å². The predicted octanol–water partition coefficient (Wildman–Crippen LogP) is 4.66. The van der Waals surface area contributed by atoms with E-state index in [1.807, 2.05) is 54.6 Å². The van der Waals surface area contributed by atoms with Gasteiger partial charge in [0.25, 0.3) is 5.91 Å². The van der Waals surface area contributed by atoms with Gasteiger partial charge in [0.1, 0.15) is 5.76 Å². The Hall–Kier alpha value is -3.73. The van der Waals surface area contributed by atoms with Crippen LogP contribution in [0, 0.1) is 0 Å². The lowest BCUT2D eigenvalue weighted by Gasteiger charge is -2.22. The molecule has 5 nitrogen and oxygen atoms in total. The first-order valence-corrected chi connectivity index (χ1v) is 9.70. The van der Waals surface area contributed by atoms with E-state index in [-0.39, 0.29) is 5.91 Å². The summed E-state index contributed by atoms with van der Waals surface area (Å²) >= 11 is 0. The molecule has 2 heterocycles. The van der Waals surface area contributed by atoms with Crippen molar-refractivity contribution in [2.75, 3.05) is 26.2 Å². The minimum absolute atomic E-state index is 0.148. The van der Waals surface area contributed by atoms with Crippen LogP contribution in [-0.2, 0) is 15.1 Å². The van der Waals surface area contributed by atoms with Gasteiger partial charge < -0.3 is 19.1 Å². The summed E-state index contributed by atoms with van der Waals surface area (Å²) in [6, 6.07) is 18.0. The standard InChI is InChI=1S/C25H21NO4/c1-26-21-15-23(29-3)22(28-2)14-20(21)25(24(26)27)12-11-18(30-25)13-17-9-6-8-16-7-4-5-10-19(16)17/h4-15H,1-3H3/b18-13-. The lowest BCUT2D eigenvalue weighted by molar-refractivity contribution is -0.131. The smallest absolute Gasteiger partial charge is 0.279 e. The third kappa shape index (κ3) is 2.52. The molecular formula is C25H21NO4. The van der Waals surface area contributed by atoms with E-state index >= 15 is 0 Å². The molecule has 5 heteroatoms. The number of allylic oxidation sites excluding steroid dienone is 1. The average molecular weight is 399 g/mol. The van der Waals surface area contributed by atoms with Crippen LogP contribution in [0.3, 0.4) is 0 Å². The van der Waals surface area contributed by atoms with E-state index in [4.69, 9.17) is 14.2 Å². The van der Waals surface area contributed by atoms with Crippen molar-refractivity contribution in [2.45, 2.75) is 5.60 Å². The van der Waals surface area contributed by atoms with Gasteiger partial charge in [0.2, 0.25) is 5.60 Å². The predicted molar refractivity (Wildman–Crippen MR) is 117 cm³/mol. The quantitative estimate of drug-likeness (QED) is 0.643. The second-order valence-electron chi connectivity index (χ2n) is 7.37. The number of likely N-dealkylation sites (N-methyl/N-ethyl adjacent to an activating group) is 1. The number of nitrogens with zero attached hydrogens (tertiary/aromatic N) is 1. The van der Waals surface area contributed by atoms with Crippen molar-refractivity contribution in [3.63, 3.8) is 0 Å². The number of ether oxygens (including phenoxy) is 3. The fourth-order valence-electron chi connectivity index (χ4n) is 4.24. The highest BCUT2D eigenvalue weighted by Gasteiger charge is 2.53. The summed E-state index contributed by atoms with van der Waals surface area (Å²) in [4.78, 5) is 14.8. The number of hydrogen-bond acceptors (Lipinski definition) is 4. The summed E-state index contributed by atoms with van der Waals surface area (Å²) in [6.45, 7) is 0. The highest BCUT2D eigenvalue weighted by Crippen LogP contribution is 2.51. The highest BCUT2D eigenvalue weighted by atomic mass is 16.5. The molecule has 30 heavy (non-hydrogen) atoms. The van der Waals surface area contributed by atoms with Crippen molar-refractivity contribution in [2.24, 2.45) is 0 Å². The molecule has 1 spiro atoms. The fraction of sp³-hybridized carbons (Fsp3) is 0.160. The third-order valence-electron chi connectivity index (χ3n) is 5.77. The number of amides is 1. The summed E-state index contributed by atoms with van der Waals surface area (Å²) in [6.07, 6.45) is 5.65. The van der Waals surface area contributed by atoms with Crippen molar-refractivity contribution in [1.29, 1.82) is 0 Å². The van der Waals surface area contributed by atoms with Gasteiger partial charge in [-0.1, -0.05) is 42.5 Å². The Balaban J connectivity index is 1.59. The molecule has 0 N–H and O–H groups in total. The summed E-state index contributed by atoms with van der Waals surface area (Å²) in [5, 5.41) is 2.29. The normalized spacial score (nSPS) is 20.8. The van der Waals surface area contributed by atoms with Crippen LogP contribution in [0.15, 0.2) is 72.5 Å². The van der Waals surface area contributed by atoms with Gasteiger partial charge >= 0.3 is 0 Å². The molecule has 1 unspecified atom stereocenters. The average Bonchev–Trinajstić information content (AvgIpc) is 3.29. The number of carbonyl (C=O) groups is 1. The van der Waals surface area contributed by atoms with Gasteiger partial charge in [0.05, 0.1) is 19.9 Å². The van der Waals surface area contributed by atoms with E-state index in [0.29, 0.717) is 17.3 Å². The molecule has 0 aliphatic carbocycles. The van der Waals surface area contributed by atoms with E-state index in [9.17, 15) is 4.79 Å². The lowest BCUT2D eigenvalue weighted by atomic mass is 9.95. The number of carbonyl (C=O) groups excluding carboxylic acids is 1. The highest BCUT2D eigenvalue weighted by molar-refractivity contribution is 6.09. The maximum absolute atomic E-state index is 13.2. The molecule has 150 valence electrons.